The van der Waals surface area contributed by atoms with Gasteiger partial charge in [0.2, 0.25) is 11.6 Å². The molecule has 5 aromatic heterocycles. The molecular formula is C51H30N8. The predicted octanol–water partition coefficient (Wildman–Crippen LogP) is 11.9. The Morgan fingerprint density at radius 1 is 0.339 bits per heavy atom. The van der Waals surface area contributed by atoms with E-state index in [4.69, 9.17) is 9.97 Å². The Balaban J connectivity index is 1.06. The zero-order chi connectivity index (χ0) is 38.8. The molecule has 0 atom stereocenters. The zero-order valence-electron chi connectivity index (χ0n) is 31.4. The molecule has 0 amide bonds. The highest BCUT2D eigenvalue weighted by Gasteiger charge is 2.21. The molecule has 5 heterocycles. The summed E-state index contributed by atoms with van der Waals surface area (Å²) in [7, 11) is 0. The summed E-state index contributed by atoms with van der Waals surface area (Å²) in [4.78, 5) is 10.5. The number of hydrogen-bond donors (Lipinski definition) is 0. The summed E-state index contributed by atoms with van der Waals surface area (Å²) in [5.41, 5.74) is 13.7. The highest BCUT2D eigenvalue weighted by atomic mass is 15.3. The van der Waals surface area contributed by atoms with E-state index in [0.29, 0.717) is 17.1 Å². The lowest BCUT2D eigenvalue weighted by Crippen LogP contribution is -2.03. The van der Waals surface area contributed by atoms with E-state index in [1.165, 1.54) is 32.6 Å². The zero-order valence-corrected chi connectivity index (χ0v) is 31.4. The quantitative estimate of drug-likeness (QED) is 0.180. The molecule has 0 unspecified atom stereocenters. The number of para-hydroxylation sites is 7. The number of rotatable bonds is 3. The van der Waals surface area contributed by atoms with Crippen LogP contribution in [-0.4, -0.2) is 32.5 Å². The standard InChI is InChI=1S/C51H30N8/c52-31-32-21-27-48-49(29-32)59-47-20-10-5-15-41(47)54-51(59)57(50-53-40-14-4-9-19-46(40)58(48)50)34-24-22-33(23-25-34)55-44-18-8-3-13-38(44)39-30-35(26-28-45(39)55)56-42-16-6-1-11-36(42)37-12-2-7-17-43(37)56/h1-30H. The van der Waals surface area contributed by atoms with Crippen molar-refractivity contribution in [2.24, 2.45) is 0 Å². The van der Waals surface area contributed by atoms with Gasteiger partial charge in [-0.2, -0.15) is 5.26 Å². The second kappa shape index (κ2) is 11.8. The van der Waals surface area contributed by atoms with Crippen molar-refractivity contribution in [3.63, 3.8) is 0 Å². The first-order valence-electron chi connectivity index (χ1n) is 19.7. The minimum atomic E-state index is 0.574. The lowest BCUT2D eigenvalue weighted by atomic mass is 10.1. The summed E-state index contributed by atoms with van der Waals surface area (Å²) < 4.78 is 11.2. The van der Waals surface area contributed by atoms with Gasteiger partial charge in [-0.15, -0.1) is 0 Å². The molecule has 0 bridgehead atoms. The molecule has 8 aromatic carbocycles. The van der Waals surface area contributed by atoms with Crippen LogP contribution >= 0.6 is 0 Å². The monoisotopic (exact) mass is 754 g/mol. The van der Waals surface area contributed by atoms with Crippen LogP contribution in [0, 0.1) is 11.3 Å². The average Bonchev–Trinajstić information content (AvgIpc) is 4.03. The van der Waals surface area contributed by atoms with Crippen LogP contribution < -0.4 is 0 Å². The number of benzene rings is 8. The minimum Gasteiger partial charge on any atom is -0.309 e. The molecule has 8 heteroatoms. The molecule has 0 fully saturated rings. The molecule has 59 heavy (non-hydrogen) atoms. The topological polar surface area (TPSA) is 73.2 Å². The number of imidazole rings is 2. The van der Waals surface area contributed by atoms with Crippen LogP contribution in [0.25, 0.3) is 105 Å². The Bertz CT molecular complexity index is 3920. The first kappa shape index (κ1) is 31.8. The lowest BCUT2D eigenvalue weighted by molar-refractivity contribution is 1.02. The van der Waals surface area contributed by atoms with E-state index in [0.717, 1.165) is 61.2 Å². The summed E-state index contributed by atoms with van der Waals surface area (Å²) in [6.07, 6.45) is 0. The summed E-state index contributed by atoms with van der Waals surface area (Å²) in [5.74, 6) is 1.41. The van der Waals surface area contributed by atoms with E-state index in [1.807, 2.05) is 54.6 Å². The Morgan fingerprint density at radius 3 is 1.34 bits per heavy atom. The second-order valence-electron chi connectivity index (χ2n) is 15.1. The molecule has 0 aliphatic heterocycles. The lowest BCUT2D eigenvalue weighted by Gasteiger charge is -2.12. The van der Waals surface area contributed by atoms with Crippen molar-refractivity contribution in [2.75, 3.05) is 0 Å². The second-order valence-corrected chi connectivity index (χ2v) is 15.1. The van der Waals surface area contributed by atoms with E-state index in [-0.39, 0.29) is 0 Å². The molecule has 0 aliphatic rings. The van der Waals surface area contributed by atoms with Crippen LogP contribution in [-0.2, 0) is 0 Å². The highest BCUT2D eigenvalue weighted by Crippen LogP contribution is 2.37. The van der Waals surface area contributed by atoms with Crippen molar-refractivity contribution >= 4 is 88.3 Å². The molecule has 0 spiro atoms. The number of nitriles is 1. The Morgan fingerprint density at radius 2 is 0.763 bits per heavy atom. The largest absolute Gasteiger partial charge is 0.309 e. The van der Waals surface area contributed by atoms with Gasteiger partial charge >= 0.3 is 0 Å². The van der Waals surface area contributed by atoms with Crippen molar-refractivity contribution in [3.05, 3.63) is 188 Å². The maximum atomic E-state index is 10.0. The van der Waals surface area contributed by atoms with Gasteiger partial charge in [-0.05, 0) is 103 Å². The number of hydrogen-bond acceptors (Lipinski definition) is 3. The Kier molecular flexibility index (Phi) is 6.35. The van der Waals surface area contributed by atoms with E-state index in [2.05, 4.69) is 156 Å². The average molecular weight is 755 g/mol. The molecule has 0 saturated heterocycles. The SMILES string of the molecule is N#Cc1ccc2c(c1)n1c3ccccc3nc1n(-c1ccc(-n3c4ccccc4c4cc(-n5c6ccccc6c6ccccc65)ccc43)cc1)c1nc3ccccc3n21. The van der Waals surface area contributed by atoms with E-state index < -0.39 is 0 Å². The summed E-state index contributed by atoms with van der Waals surface area (Å²) in [6, 6.07) is 66.0. The third-order valence-electron chi connectivity index (χ3n) is 11.9. The van der Waals surface area contributed by atoms with Gasteiger partial charge in [0.05, 0.1) is 72.5 Å². The van der Waals surface area contributed by atoms with Gasteiger partial charge in [-0.1, -0.05) is 78.9 Å². The van der Waals surface area contributed by atoms with Crippen LogP contribution in [0.5, 0.6) is 0 Å². The molecule has 274 valence electrons. The van der Waals surface area contributed by atoms with E-state index >= 15 is 0 Å². The van der Waals surface area contributed by atoms with Crippen molar-refractivity contribution < 1.29 is 0 Å². The van der Waals surface area contributed by atoms with Gasteiger partial charge in [-0.25, -0.2) is 14.5 Å². The minimum absolute atomic E-state index is 0.574. The number of fused-ring (bicyclic) bond motifs is 15. The maximum Gasteiger partial charge on any atom is 0.223 e. The Hall–Kier alpha value is -8.41. The molecule has 0 radical (unpaired) electrons. The van der Waals surface area contributed by atoms with E-state index in [9.17, 15) is 5.26 Å². The van der Waals surface area contributed by atoms with Crippen LogP contribution in [0.1, 0.15) is 5.56 Å². The molecule has 8 nitrogen and oxygen atoms in total. The van der Waals surface area contributed by atoms with Crippen LogP contribution in [0.3, 0.4) is 0 Å². The third kappa shape index (κ3) is 4.36. The molecule has 0 saturated carbocycles. The fraction of sp³-hybridized carbons (Fsp3) is 0. The molecule has 0 aliphatic carbocycles. The van der Waals surface area contributed by atoms with Crippen molar-refractivity contribution in [1.82, 2.24) is 32.5 Å². The molecular weight excluding hydrogens is 725 g/mol. The van der Waals surface area contributed by atoms with E-state index in [1.54, 1.807) is 0 Å². The van der Waals surface area contributed by atoms with Gasteiger partial charge in [0.1, 0.15) is 0 Å². The fourth-order valence-electron chi connectivity index (χ4n) is 9.41. The maximum absolute atomic E-state index is 10.0. The highest BCUT2D eigenvalue weighted by molar-refractivity contribution is 6.12. The fourth-order valence-corrected chi connectivity index (χ4v) is 9.41. The van der Waals surface area contributed by atoms with Gasteiger partial charge in [-0.3, -0.25) is 8.80 Å². The Labute approximate surface area is 335 Å². The predicted molar refractivity (Wildman–Crippen MR) is 238 cm³/mol. The first-order chi connectivity index (χ1) is 29.2. The van der Waals surface area contributed by atoms with Gasteiger partial charge < -0.3 is 9.13 Å². The van der Waals surface area contributed by atoms with Gasteiger partial charge in [0, 0.05) is 32.9 Å². The van der Waals surface area contributed by atoms with Crippen LogP contribution in [0.2, 0.25) is 0 Å². The van der Waals surface area contributed by atoms with Crippen molar-refractivity contribution in [3.8, 4) is 23.1 Å². The third-order valence-corrected chi connectivity index (χ3v) is 11.9. The van der Waals surface area contributed by atoms with Gasteiger partial charge in [0.25, 0.3) is 0 Å². The summed E-state index contributed by atoms with van der Waals surface area (Å²) >= 11 is 0. The summed E-state index contributed by atoms with van der Waals surface area (Å²) in [5, 5.41) is 14.9. The summed E-state index contributed by atoms with van der Waals surface area (Å²) in [6.45, 7) is 0. The first-order valence-corrected chi connectivity index (χ1v) is 19.7. The van der Waals surface area contributed by atoms with Crippen molar-refractivity contribution in [2.45, 2.75) is 0 Å². The van der Waals surface area contributed by atoms with Crippen LogP contribution in [0.4, 0.5) is 0 Å². The molecule has 13 aromatic rings. The van der Waals surface area contributed by atoms with Gasteiger partial charge in [0.15, 0.2) is 0 Å². The smallest absolute Gasteiger partial charge is 0.223 e. The number of aromatic nitrogens is 7. The molecule has 0 N–H and O–H groups in total. The normalized spacial score (nSPS) is 12.1. The molecule has 13 rings (SSSR count). The number of nitrogens with zero attached hydrogens (tertiary/aromatic N) is 8. The van der Waals surface area contributed by atoms with Crippen molar-refractivity contribution in [1.29, 1.82) is 5.26 Å². The van der Waals surface area contributed by atoms with Crippen LogP contribution in [0.15, 0.2) is 182 Å².